The average molecular weight is 261 g/mol. The molecule has 2 aromatic rings. The number of carbonyl (C=O) groups is 1. The summed E-state index contributed by atoms with van der Waals surface area (Å²) in [4.78, 5) is 11.6. The predicted molar refractivity (Wildman–Crippen MR) is 68.4 cm³/mol. The molecule has 0 saturated heterocycles. The summed E-state index contributed by atoms with van der Waals surface area (Å²) >= 11 is 0. The normalized spacial score (nSPS) is 10.0. The lowest BCUT2D eigenvalue weighted by molar-refractivity contribution is 0.215. The molecule has 4 nitrogen and oxygen atoms in total. The number of amides is 1. The Hall–Kier alpha value is -2.40. The van der Waals surface area contributed by atoms with Crippen LogP contribution in [0.5, 0.6) is 5.75 Å². The summed E-state index contributed by atoms with van der Waals surface area (Å²) in [5.41, 5.74) is 0.462. The van der Waals surface area contributed by atoms with Crippen molar-refractivity contribution in [3.63, 3.8) is 0 Å². The standard InChI is InChI=1S/C14H12FNO3/c15-13-7-6-11(8-10(13)9-17)16-14(18)19-12-4-2-1-3-5-12/h1-8,17H,9H2,(H,16,18). The van der Waals surface area contributed by atoms with Crippen LogP contribution in [0.15, 0.2) is 48.5 Å². The summed E-state index contributed by atoms with van der Waals surface area (Å²) in [6, 6.07) is 12.5. The second kappa shape index (κ2) is 5.97. The third kappa shape index (κ3) is 3.53. The number of carbonyl (C=O) groups excluding carboxylic acids is 1. The number of hydrogen-bond acceptors (Lipinski definition) is 3. The molecule has 2 N–H and O–H groups in total. The van der Waals surface area contributed by atoms with E-state index in [-0.39, 0.29) is 5.56 Å². The van der Waals surface area contributed by atoms with Gasteiger partial charge >= 0.3 is 6.09 Å². The van der Waals surface area contributed by atoms with Gasteiger partial charge in [0.2, 0.25) is 0 Å². The second-order valence-electron chi connectivity index (χ2n) is 3.79. The molecule has 1 amide bonds. The Labute approximate surface area is 109 Å². The summed E-state index contributed by atoms with van der Waals surface area (Å²) in [6.07, 6.45) is -0.679. The third-order valence-corrected chi connectivity index (χ3v) is 2.42. The van der Waals surface area contributed by atoms with Gasteiger partial charge in [-0.2, -0.15) is 0 Å². The highest BCUT2D eigenvalue weighted by molar-refractivity contribution is 5.86. The van der Waals surface area contributed by atoms with Gasteiger partial charge in [0.25, 0.3) is 0 Å². The van der Waals surface area contributed by atoms with E-state index in [0.29, 0.717) is 11.4 Å². The summed E-state index contributed by atoms with van der Waals surface area (Å²) in [7, 11) is 0. The molecule has 0 heterocycles. The van der Waals surface area contributed by atoms with E-state index in [9.17, 15) is 9.18 Å². The fourth-order valence-electron chi connectivity index (χ4n) is 1.51. The maximum Gasteiger partial charge on any atom is 0.417 e. The molecule has 0 aromatic heterocycles. The maximum atomic E-state index is 13.2. The van der Waals surface area contributed by atoms with E-state index in [1.54, 1.807) is 30.3 Å². The van der Waals surface area contributed by atoms with E-state index < -0.39 is 18.5 Å². The van der Waals surface area contributed by atoms with E-state index in [1.807, 2.05) is 0 Å². The van der Waals surface area contributed by atoms with Crippen molar-refractivity contribution in [2.24, 2.45) is 0 Å². The number of benzene rings is 2. The zero-order valence-corrected chi connectivity index (χ0v) is 9.97. The van der Waals surface area contributed by atoms with Crippen LogP contribution in [0.1, 0.15) is 5.56 Å². The summed E-state index contributed by atoms with van der Waals surface area (Å²) < 4.78 is 18.2. The zero-order chi connectivity index (χ0) is 13.7. The fraction of sp³-hybridized carbons (Fsp3) is 0.0714. The molecule has 0 radical (unpaired) electrons. The smallest absolute Gasteiger partial charge is 0.410 e. The van der Waals surface area contributed by atoms with Gasteiger partial charge < -0.3 is 9.84 Å². The van der Waals surface area contributed by atoms with Crippen LogP contribution < -0.4 is 10.1 Å². The summed E-state index contributed by atoms with van der Waals surface area (Å²) in [6.45, 7) is -0.435. The van der Waals surface area contributed by atoms with Crippen molar-refractivity contribution >= 4 is 11.8 Å². The first kappa shape index (κ1) is 13.0. The van der Waals surface area contributed by atoms with Gasteiger partial charge in [-0.25, -0.2) is 9.18 Å². The Balaban J connectivity index is 2.03. The lowest BCUT2D eigenvalue weighted by Crippen LogP contribution is -2.16. The van der Waals surface area contributed by atoms with Crippen molar-refractivity contribution in [3.8, 4) is 5.75 Å². The van der Waals surface area contributed by atoms with E-state index >= 15 is 0 Å². The number of nitrogens with one attached hydrogen (secondary N) is 1. The Morgan fingerprint density at radius 1 is 1.21 bits per heavy atom. The van der Waals surface area contributed by atoms with Crippen molar-refractivity contribution in [2.75, 3.05) is 5.32 Å². The topological polar surface area (TPSA) is 58.6 Å². The van der Waals surface area contributed by atoms with Gasteiger partial charge in [-0.1, -0.05) is 18.2 Å². The van der Waals surface area contributed by atoms with Crippen molar-refractivity contribution in [2.45, 2.75) is 6.61 Å². The average Bonchev–Trinajstić information content (AvgIpc) is 2.42. The molecule has 5 heteroatoms. The largest absolute Gasteiger partial charge is 0.417 e. The minimum atomic E-state index is -0.679. The molecule has 0 saturated carbocycles. The van der Waals surface area contributed by atoms with Gasteiger partial charge in [0.05, 0.1) is 6.61 Å². The molecular weight excluding hydrogens is 249 g/mol. The van der Waals surface area contributed by atoms with Crippen molar-refractivity contribution in [3.05, 3.63) is 59.9 Å². The summed E-state index contributed by atoms with van der Waals surface area (Å²) in [5.74, 6) is -0.117. The molecule has 0 atom stereocenters. The molecule has 0 aliphatic rings. The van der Waals surface area contributed by atoms with Gasteiger partial charge in [0.1, 0.15) is 11.6 Å². The van der Waals surface area contributed by atoms with Crippen LogP contribution in [0.2, 0.25) is 0 Å². The highest BCUT2D eigenvalue weighted by Crippen LogP contribution is 2.16. The molecule has 0 spiro atoms. The second-order valence-corrected chi connectivity index (χ2v) is 3.79. The molecule has 0 unspecified atom stereocenters. The highest BCUT2D eigenvalue weighted by atomic mass is 19.1. The first-order valence-electron chi connectivity index (χ1n) is 5.62. The first-order chi connectivity index (χ1) is 9.19. The number of ether oxygens (including phenoxy) is 1. The number of aliphatic hydroxyl groups excluding tert-OH is 1. The lowest BCUT2D eigenvalue weighted by Gasteiger charge is -2.08. The van der Waals surface area contributed by atoms with E-state index in [0.717, 1.165) is 0 Å². The van der Waals surface area contributed by atoms with Crippen LogP contribution in [0.25, 0.3) is 0 Å². The Morgan fingerprint density at radius 3 is 2.63 bits per heavy atom. The predicted octanol–water partition coefficient (Wildman–Crippen LogP) is 2.93. The van der Waals surface area contributed by atoms with Crippen molar-refractivity contribution in [1.29, 1.82) is 0 Å². The van der Waals surface area contributed by atoms with Crippen LogP contribution in [0.4, 0.5) is 14.9 Å². The number of para-hydroxylation sites is 1. The minimum Gasteiger partial charge on any atom is -0.410 e. The molecule has 0 fully saturated rings. The van der Waals surface area contributed by atoms with E-state index in [2.05, 4.69) is 5.32 Å². The van der Waals surface area contributed by atoms with Gasteiger partial charge in [-0.3, -0.25) is 5.32 Å². The number of rotatable bonds is 3. The fourth-order valence-corrected chi connectivity index (χ4v) is 1.51. The van der Waals surface area contributed by atoms with E-state index in [1.165, 1.54) is 18.2 Å². The monoisotopic (exact) mass is 261 g/mol. The number of halogens is 1. The molecule has 2 aromatic carbocycles. The number of anilines is 1. The SMILES string of the molecule is O=C(Nc1ccc(F)c(CO)c1)Oc1ccccc1. The molecule has 98 valence electrons. The quantitative estimate of drug-likeness (QED) is 0.893. The Morgan fingerprint density at radius 2 is 1.95 bits per heavy atom. The van der Waals surface area contributed by atoms with Gasteiger partial charge in [-0.05, 0) is 30.3 Å². The van der Waals surface area contributed by atoms with Crippen LogP contribution in [0.3, 0.4) is 0 Å². The summed E-state index contributed by atoms with van der Waals surface area (Å²) in [5, 5.41) is 11.4. The van der Waals surface area contributed by atoms with Crippen LogP contribution in [-0.4, -0.2) is 11.2 Å². The highest BCUT2D eigenvalue weighted by Gasteiger charge is 2.07. The van der Waals surface area contributed by atoms with Gasteiger partial charge in [-0.15, -0.1) is 0 Å². The minimum absolute atomic E-state index is 0.109. The Kier molecular flexibility index (Phi) is 4.10. The third-order valence-electron chi connectivity index (χ3n) is 2.42. The van der Waals surface area contributed by atoms with E-state index in [4.69, 9.17) is 9.84 Å². The molecule has 0 bridgehead atoms. The number of hydrogen-bond donors (Lipinski definition) is 2. The Bertz CT molecular complexity index is 572. The van der Waals surface area contributed by atoms with Crippen molar-refractivity contribution in [1.82, 2.24) is 0 Å². The first-order valence-corrected chi connectivity index (χ1v) is 5.62. The molecular formula is C14H12FNO3. The van der Waals surface area contributed by atoms with Crippen LogP contribution in [-0.2, 0) is 6.61 Å². The van der Waals surface area contributed by atoms with Crippen LogP contribution >= 0.6 is 0 Å². The molecule has 19 heavy (non-hydrogen) atoms. The molecule has 2 rings (SSSR count). The lowest BCUT2D eigenvalue weighted by atomic mass is 10.2. The van der Waals surface area contributed by atoms with Gasteiger partial charge in [0.15, 0.2) is 0 Å². The van der Waals surface area contributed by atoms with Crippen LogP contribution in [0, 0.1) is 5.82 Å². The van der Waals surface area contributed by atoms with Gasteiger partial charge in [0, 0.05) is 11.3 Å². The van der Waals surface area contributed by atoms with Crippen molar-refractivity contribution < 1.29 is 19.0 Å². The molecule has 0 aliphatic carbocycles. The maximum absolute atomic E-state index is 13.2. The zero-order valence-electron chi connectivity index (χ0n) is 9.97. The number of aliphatic hydroxyl groups is 1. The molecule has 0 aliphatic heterocycles.